The highest BCUT2D eigenvalue weighted by molar-refractivity contribution is 7.89. The van der Waals surface area contributed by atoms with Gasteiger partial charge in [0.25, 0.3) is 0 Å². The van der Waals surface area contributed by atoms with Crippen LogP contribution in [0.3, 0.4) is 0 Å². The Bertz CT molecular complexity index is 672. The van der Waals surface area contributed by atoms with Gasteiger partial charge in [-0.1, -0.05) is 0 Å². The summed E-state index contributed by atoms with van der Waals surface area (Å²) in [6.45, 7) is 5.99. The molecule has 0 saturated carbocycles. The molecule has 2 aliphatic rings. The van der Waals surface area contributed by atoms with E-state index in [4.69, 9.17) is 4.74 Å². The van der Waals surface area contributed by atoms with Crippen LogP contribution in [0.4, 0.5) is 4.39 Å². The lowest BCUT2D eigenvalue weighted by molar-refractivity contribution is 0.0760. The van der Waals surface area contributed by atoms with Crippen LogP contribution in [-0.2, 0) is 10.0 Å². The van der Waals surface area contributed by atoms with E-state index in [1.807, 2.05) is 13.8 Å². The fraction of sp³-hybridized carbons (Fsp3) is 0.667. The monoisotopic (exact) mass is 370 g/mol. The van der Waals surface area contributed by atoms with Gasteiger partial charge in [-0.25, -0.2) is 12.8 Å². The van der Waals surface area contributed by atoms with E-state index < -0.39 is 16.2 Å². The van der Waals surface area contributed by atoms with E-state index in [1.54, 1.807) is 12.1 Å². The average molecular weight is 370 g/mol. The first kappa shape index (κ1) is 18.6. The first-order valence-electron chi connectivity index (χ1n) is 9.03. The summed E-state index contributed by atoms with van der Waals surface area (Å²) in [6.07, 6.45) is 1.66. The minimum absolute atomic E-state index is 0.0272. The summed E-state index contributed by atoms with van der Waals surface area (Å²) >= 11 is 0. The quantitative estimate of drug-likeness (QED) is 0.800. The summed E-state index contributed by atoms with van der Waals surface area (Å²) in [4.78, 5) is 2.36. The molecule has 0 aliphatic carbocycles. The van der Waals surface area contributed by atoms with Crippen LogP contribution in [0.2, 0.25) is 0 Å². The second-order valence-electron chi connectivity index (χ2n) is 7.12. The topological polar surface area (TPSA) is 49.9 Å². The Morgan fingerprint density at radius 1 is 1.12 bits per heavy atom. The molecule has 2 aliphatic heterocycles. The molecule has 2 saturated heterocycles. The molecule has 0 amide bonds. The fourth-order valence-corrected chi connectivity index (χ4v) is 5.14. The van der Waals surface area contributed by atoms with E-state index in [-0.39, 0.29) is 23.6 Å². The van der Waals surface area contributed by atoms with Crippen molar-refractivity contribution in [2.45, 2.75) is 56.3 Å². The minimum atomic E-state index is -3.67. The van der Waals surface area contributed by atoms with Gasteiger partial charge in [-0.05, 0) is 70.5 Å². The number of piperidine rings is 1. The molecule has 0 radical (unpaired) electrons. The maximum Gasteiger partial charge on any atom is 0.243 e. The van der Waals surface area contributed by atoms with Crippen LogP contribution in [0.15, 0.2) is 29.2 Å². The average Bonchev–Trinajstić information content (AvgIpc) is 3.09. The molecule has 140 valence electrons. The predicted octanol–water partition coefficient (Wildman–Crippen LogP) is 2.67. The number of hydrogen-bond acceptors (Lipinski definition) is 4. The number of benzene rings is 1. The van der Waals surface area contributed by atoms with Gasteiger partial charge >= 0.3 is 0 Å². The number of halogens is 1. The van der Waals surface area contributed by atoms with E-state index in [2.05, 4.69) is 4.90 Å². The summed E-state index contributed by atoms with van der Waals surface area (Å²) in [5, 5.41) is 0. The number of sulfonamides is 1. The summed E-state index contributed by atoms with van der Waals surface area (Å²) in [6, 6.07) is 6.23. The zero-order valence-corrected chi connectivity index (χ0v) is 15.7. The van der Waals surface area contributed by atoms with E-state index in [9.17, 15) is 12.8 Å². The van der Waals surface area contributed by atoms with Crippen molar-refractivity contribution in [1.82, 2.24) is 9.21 Å². The summed E-state index contributed by atoms with van der Waals surface area (Å²) in [5.41, 5.74) is 0. The second kappa shape index (κ2) is 7.60. The molecule has 25 heavy (non-hydrogen) atoms. The van der Waals surface area contributed by atoms with Gasteiger partial charge in [-0.15, -0.1) is 0 Å². The Labute approximate surface area is 149 Å². The van der Waals surface area contributed by atoms with E-state index in [1.165, 1.54) is 16.4 Å². The van der Waals surface area contributed by atoms with Gasteiger partial charge in [0.05, 0.1) is 11.0 Å². The Kier molecular flexibility index (Phi) is 5.65. The van der Waals surface area contributed by atoms with Crippen LogP contribution in [0.5, 0.6) is 5.75 Å². The van der Waals surface area contributed by atoms with Crippen molar-refractivity contribution in [2.24, 2.45) is 0 Å². The predicted molar refractivity (Wildman–Crippen MR) is 95.1 cm³/mol. The Balaban J connectivity index is 1.68. The lowest BCUT2D eigenvalue weighted by Gasteiger charge is -2.38. The van der Waals surface area contributed by atoms with Crippen molar-refractivity contribution >= 4 is 10.0 Å². The molecule has 1 aromatic rings. The van der Waals surface area contributed by atoms with E-state index >= 15 is 0 Å². The lowest BCUT2D eigenvalue weighted by atomic mass is 10.0. The summed E-state index contributed by atoms with van der Waals surface area (Å²) in [5.74, 6) is 0.630. The second-order valence-corrected chi connectivity index (χ2v) is 9.05. The summed E-state index contributed by atoms with van der Waals surface area (Å²) < 4.78 is 47.1. The molecule has 0 N–H and O–H groups in total. The highest BCUT2D eigenvalue weighted by Gasteiger charge is 2.38. The number of ether oxygens (including phenoxy) is 1. The van der Waals surface area contributed by atoms with E-state index in [0.717, 1.165) is 25.9 Å². The molecule has 0 aromatic heterocycles. The molecular formula is C18H27FN2O3S. The molecular weight excluding hydrogens is 343 g/mol. The van der Waals surface area contributed by atoms with Crippen molar-refractivity contribution in [1.29, 1.82) is 0 Å². The molecule has 0 spiro atoms. The van der Waals surface area contributed by atoms with Gasteiger partial charge in [0, 0.05) is 19.1 Å². The lowest BCUT2D eigenvalue weighted by Crippen LogP contribution is -2.53. The Hall–Kier alpha value is -1.18. The van der Waals surface area contributed by atoms with Crippen LogP contribution in [-0.4, -0.2) is 62.1 Å². The molecule has 2 fully saturated rings. The molecule has 1 aromatic carbocycles. The molecule has 3 rings (SSSR count). The normalized spacial score (nSPS) is 26.2. The third-order valence-corrected chi connectivity index (χ3v) is 6.79. The molecule has 0 unspecified atom stereocenters. The van der Waals surface area contributed by atoms with Gasteiger partial charge < -0.3 is 4.74 Å². The van der Waals surface area contributed by atoms with Crippen molar-refractivity contribution < 1.29 is 17.5 Å². The van der Waals surface area contributed by atoms with Crippen LogP contribution >= 0.6 is 0 Å². The number of likely N-dealkylation sites (tertiary alicyclic amines) is 1. The van der Waals surface area contributed by atoms with Gasteiger partial charge in [0.15, 0.2) is 0 Å². The van der Waals surface area contributed by atoms with Crippen molar-refractivity contribution in [3.8, 4) is 5.75 Å². The Morgan fingerprint density at radius 3 is 2.32 bits per heavy atom. The third kappa shape index (κ3) is 4.15. The van der Waals surface area contributed by atoms with Crippen LogP contribution in [0, 0.1) is 0 Å². The molecule has 7 heteroatoms. The maximum absolute atomic E-state index is 14.6. The smallest absolute Gasteiger partial charge is 0.243 e. The van der Waals surface area contributed by atoms with Crippen molar-refractivity contribution in [2.75, 3.05) is 26.2 Å². The SMILES string of the molecule is CC(C)Oc1ccc(S(=O)(=O)N2CC[C@@H](N3CCCC3)[C@@H](F)C2)cc1. The highest BCUT2D eigenvalue weighted by atomic mass is 32.2. The standard InChI is InChI=1S/C18H27FN2O3S/c1-14(2)24-15-5-7-16(8-6-15)25(22,23)21-12-9-18(17(19)13-21)20-10-3-4-11-20/h5-8,14,17-18H,3-4,9-13H2,1-2H3/t17-,18+/m0/s1. The van der Waals surface area contributed by atoms with Crippen LogP contribution in [0.1, 0.15) is 33.1 Å². The minimum Gasteiger partial charge on any atom is -0.491 e. The maximum atomic E-state index is 14.6. The third-order valence-electron chi connectivity index (χ3n) is 4.91. The first-order chi connectivity index (χ1) is 11.9. The van der Waals surface area contributed by atoms with Gasteiger partial charge in [-0.2, -0.15) is 4.31 Å². The molecule has 5 nitrogen and oxygen atoms in total. The van der Waals surface area contributed by atoms with Gasteiger partial charge in [-0.3, -0.25) is 4.90 Å². The zero-order valence-electron chi connectivity index (χ0n) is 14.9. The molecule has 0 bridgehead atoms. The van der Waals surface area contributed by atoms with Crippen LogP contribution < -0.4 is 4.74 Å². The van der Waals surface area contributed by atoms with Crippen molar-refractivity contribution in [3.63, 3.8) is 0 Å². The Morgan fingerprint density at radius 2 is 1.76 bits per heavy atom. The molecule has 2 atom stereocenters. The number of hydrogen-bond donors (Lipinski definition) is 0. The first-order valence-corrected chi connectivity index (χ1v) is 10.5. The molecule has 2 heterocycles. The van der Waals surface area contributed by atoms with Gasteiger partial charge in [0.1, 0.15) is 11.9 Å². The van der Waals surface area contributed by atoms with Gasteiger partial charge in [0.2, 0.25) is 10.0 Å². The highest BCUT2D eigenvalue weighted by Crippen LogP contribution is 2.28. The van der Waals surface area contributed by atoms with Crippen molar-refractivity contribution in [3.05, 3.63) is 24.3 Å². The van der Waals surface area contributed by atoms with E-state index in [0.29, 0.717) is 18.7 Å². The largest absolute Gasteiger partial charge is 0.491 e. The number of rotatable bonds is 5. The fourth-order valence-electron chi connectivity index (χ4n) is 3.68. The zero-order chi connectivity index (χ0) is 18.0. The number of nitrogens with zero attached hydrogens (tertiary/aromatic N) is 2. The number of alkyl halides is 1. The summed E-state index contributed by atoms with van der Waals surface area (Å²) in [7, 11) is -3.67. The van der Waals surface area contributed by atoms with Crippen LogP contribution in [0.25, 0.3) is 0 Å².